The lowest BCUT2D eigenvalue weighted by Gasteiger charge is -2.63. The maximum absolute atomic E-state index is 15.9. The number of ether oxygens (including phenoxy) is 1. The molecular formula is C48H87N3O8. The number of hydrogen-bond acceptors (Lipinski definition) is 8. The molecule has 342 valence electrons. The summed E-state index contributed by atoms with van der Waals surface area (Å²) in [5, 5.41) is 46.7. The molecule has 0 bridgehead atoms. The molecule has 0 aromatic rings. The Morgan fingerprint density at radius 3 is 1.36 bits per heavy atom. The number of carbonyl (C=O) groups is 4. The van der Waals surface area contributed by atoms with E-state index in [9.17, 15) is 24.9 Å². The number of nitrogens with one attached hydrogen (secondary N) is 3. The third-order valence-corrected chi connectivity index (χ3v) is 14.1. The molecule has 0 aromatic heterocycles. The van der Waals surface area contributed by atoms with Crippen LogP contribution < -0.4 is 16.0 Å². The highest BCUT2D eigenvalue weighted by atomic mass is 16.5. The van der Waals surface area contributed by atoms with Gasteiger partial charge in [-0.05, 0) is 159 Å². The van der Waals surface area contributed by atoms with Gasteiger partial charge in [-0.25, -0.2) is 0 Å². The van der Waals surface area contributed by atoms with Crippen molar-refractivity contribution >= 4 is 23.9 Å². The smallest absolute Gasteiger partial charge is 0.312 e. The van der Waals surface area contributed by atoms with Crippen molar-refractivity contribution in [1.29, 1.82) is 0 Å². The molecular weight excluding hydrogens is 747 g/mol. The number of carbonyl (C=O) groups excluding carboxylic acids is 1. The number of piperidine rings is 3. The van der Waals surface area contributed by atoms with Crippen LogP contribution in [0.3, 0.4) is 0 Å². The van der Waals surface area contributed by atoms with Crippen molar-refractivity contribution in [2.24, 2.45) is 34.5 Å². The van der Waals surface area contributed by atoms with Crippen LogP contribution in [-0.2, 0) is 23.9 Å². The van der Waals surface area contributed by atoms with E-state index in [1.165, 1.54) is 19.3 Å². The summed E-state index contributed by atoms with van der Waals surface area (Å²) in [5.74, 6) is -8.88. The van der Waals surface area contributed by atoms with E-state index in [0.29, 0.717) is 25.7 Å². The lowest BCUT2D eigenvalue weighted by Crippen LogP contribution is -2.73. The molecule has 0 radical (unpaired) electrons. The summed E-state index contributed by atoms with van der Waals surface area (Å²) >= 11 is 0. The van der Waals surface area contributed by atoms with Gasteiger partial charge in [0.05, 0.1) is 17.8 Å². The van der Waals surface area contributed by atoms with Gasteiger partial charge in [0.2, 0.25) is 0 Å². The van der Waals surface area contributed by atoms with Crippen molar-refractivity contribution < 1.29 is 39.2 Å². The van der Waals surface area contributed by atoms with Crippen LogP contribution >= 0.6 is 0 Å². The molecule has 0 saturated carbocycles. The molecule has 3 heterocycles. The second-order valence-corrected chi connectivity index (χ2v) is 23.3. The first-order valence-electron chi connectivity index (χ1n) is 23.2. The highest BCUT2D eigenvalue weighted by Crippen LogP contribution is 2.66. The van der Waals surface area contributed by atoms with Crippen molar-refractivity contribution in [3.63, 3.8) is 0 Å². The van der Waals surface area contributed by atoms with Gasteiger partial charge < -0.3 is 36.0 Å². The zero-order valence-corrected chi connectivity index (χ0v) is 39.8. The van der Waals surface area contributed by atoms with Gasteiger partial charge in [0, 0.05) is 33.2 Å². The summed E-state index contributed by atoms with van der Waals surface area (Å²) in [7, 11) is 0. The second kappa shape index (κ2) is 19.0. The van der Waals surface area contributed by atoms with Crippen molar-refractivity contribution in [3.8, 4) is 0 Å². The van der Waals surface area contributed by atoms with E-state index in [1.807, 2.05) is 90.0 Å². The van der Waals surface area contributed by atoms with E-state index >= 15 is 9.59 Å². The number of rotatable bonds is 21. The lowest BCUT2D eigenvalue weighted by atomic mass is 9.40. The highest BCUT2D eigenvalue weighted by Gasteiger charge is 2.76. The minimum absolute atomic E-state index is 0.213. The highest BCUT2D eigenvalue weighted by molar-refractivity contribution is 5.94. The van der Waals surface area contributed by atoms with Gasteiger partial charge in [0.25, 0.3) is 0 Å². The maximum atomic E-state index is 15.9. The third kappa shape index (κ3) is 12.5. The summed E-state index contributed by atoms with van der Waals surface area (Å²) in [6, 6.07) is 0. The van der Waals surface area contributed by atoms with Crippen LogP contribution in [0.25, 0.3) is 0 Å². The van der Waals surface area contributed by atoms with Gasteiger partial charge in [-0.1, -0.05) is 58.8 Å². The van der Waals surface area contributed by atoms with Crippen LogP contribution in [0.15, 0.2) is 0 Å². The van der Waals surface area contributed by atoms with E-state index in [4.69, 9.17) is 4.74 Å². The van der Waals surface area contributed by atoms with Gasteiger partial charge in [-0.3, -0.25) is 19.2 Å². The first-order chi connectivity index (χ1) is 26.9. The Hall–Kier alpha value is -2.24. The summed E-state index contributed by atoms with van der Waals surface area (Å²) in [6.07, 6.45) is 9.92. The quantitative estimate of drug-likeness (QED) is 0.0480. The monoisotopic (exact) mass is 834 g/mol. The van der Waals surface area contributed by atoms with E-state index < -0.39 is 104 Å². The Morgan fingerprint density at radius 2 is 0.966 bits per heavy atom. The molecule has 3 fully saturated rings. The molecule has 6 N–H and O–H groups in total. The number of esters is 1. The average Bonchev–Trinajstić information content (AvgIpc) is 3.00. The van der Waals surface area contributed by atoms with Gasteiger partial charge >= 0.3 is 23.9 Å². The molecule has 3 saturated heterocycles. The van der Waals surface area contributed by atoms with Crippen LogP contribution in [0.2, 0.25) is 0 Å². The van der Waals surface area contributed by atoms with E-state index in [1.54, 1.807) is 0 Å². The topological polar surface area (TPSA) is 174 Å². The van der Waals surface area contributed by atoms with Gasteiger partial charge in [0.15, 0.2) is 0 Å². The SMILES string of the molecule is CCCCCCCCCC(CCC)OC(=O)C(C1CC(C)(C)NC(C)(C)C1)C(C(=O)O)(C1CC(C)(C)NC(C)(C)C1)C(CC(=O)O)(C(=O)O)C1CC(C)(C)NC(C)(C)C1. The standard InChI is InChI=1S/C48H87N3O8/c1-15-17-18-19-20-21-22-24-35(23-16-2)59-38(54)37(32-25-41(3,4)49-42(5,6)26-32)48(40(57)58,34-29-45(11,12)51-46(13,14)30-34)47(39(55)56,31-36(52)53)33-27-43(7,8)50-44(9,10)28-33/h32-35,37,49-51H,15-31H2,1-14H3,(H,52,53)(H,55,56)(H,57,58). The van der Waals surface area contributed by atoms with Gasteiger partial charge in [-0.2, -0.15) is 0 Å². The number of aliphatic carboxylic acids is 3. The zero-order chi connectivity index (χ0) is 45.0. The molecule has 3 rings (SSSR count). The normalized spacial score (nSPS) is 25.8. The van der Waals surface area contributed by atoms with Crippen LogP contribution in [0, 0.1) is 34.5 Å². The van der Waals surface area contributed by atoms with Crippen molar-refractivity contribution in [2.45, 2.75) is 245 Å². The van der Waals surface area contributed by atoms with Crippen LogP contribution in [0.1, 0.15) is 206 Å². The molecule has 0 spiro atoms. The Balaban J connectivity index is 2.51. The summed E-state index contributed by atoms with van der Waals surface area (Å²) < 4.78 is 6.70. The van der Waals surface area contributed by atoms with E-state index in [2.05, 4.69) is 22.9 Å². The molecule has 11 nitrogen and oxygen atoms in total. The Kier molecular flexibility index (Phi) is 16.5. The lowest BCUT2D eigenvalue weighted by molar-refractivity contribution is -0.223. The van der Waals surface area contributed by atoms with Crippen LogP contribution in [0.5, 0.6) is 0 Å². The number of carboxylic acids is 3. The van der Waals surface area contributed by atoms with Crippen molar-refractivity contribution in [1.82, 2.24) is 16.0 Å². The average molecular weight is 834 g/mol. The van der Waals surface area contributed by atoms with Crippen molar-refractivity contribution in [3.05, 3.63) is 0 Å². The zero-order valence-electron chi connectivity index (χ0n) is 39.8. The summed E-state index contributed by atoms with van der Waals surface area (Å²) in [5.41, 5.74) is -8.58. The number of unbranched alkanes of at least 4 members (excludes halogenated alkanes) is 6. The fourth-order valence-corrected chi connectivity index (χ4v) is 13.5. The summed E-state index contributed by atoms with van der Waals surface area (Å²) in [6.45, 7) is 28.3. The first-order valence-corrected chi connectivity index (χ1v) is 23.2. The Bertz CT molecular complexity index is 1420. The largest absolute Gasteiger partial charge is 0.481 e. The fraction of sp³-hybridized carbons (Fsp3) is 0.917. The van der Waals surface area contributed by atoms with E-state index in [-0.39, 0.29) is 25.7 Å². The molecule has 0 amide bonds. The molecule has 11 heteroatoms. The minimum atomic E-state index is -2.41. The maximum Gasteiger partial charge on any atom is 0.312 e. The number of hydrogen-bond donors (Lipinski definition) is 6. The van der Waals surface area contributed by atoms with Crippen LogP contribution in [0.4, 0.5) is 0 Å². The number of carboxylic acid groups (broad SMARTS) is 3. The second-order valence-electron chi connectivity index (χ2n) is 23.3. The van der Waals surface area contributed by atoms with Gasteiger partial charge in [0.1, 0.15) is 11.5 Å². The van der Waals surface area contributed by atoms with Gasteiger partial charge in [-0.15, -0.1) is 0 Å². The first kappa shape index (κ1) is 51.1. The van der Waals surface area contributed by atoms with E-state index in [0.717, 1.165) is 32.1 Å². The fourth-order valence-electron chi connectivity index (χ4n) is 13.5. The molecule has 3 aliphatic rings. The predicted octanol–water partition coefficient (Wildman–Crippen LogP) is 9.74. The summed E-state index contributed by atoms with van der Waals surface area (Å²) in [4.78, 5) is 59.7. The Labute approximate surface area is 358 Å². The third-order valence-electron chi connectivity index (χ3n) is 14.1. The minimum Gasteiger partial charge on any atom is -0.481 e. The molecule has 3 aliphatic heterocycles. The molecule has 59 heavy (non-hydrogen) atoms. The predicted molar refractivity (Wildman–Crippen MR) is 235 cm³/mol. The molecule has 0 aliphatic carbocycles. The molecule has 0 aromatic carbocycles. The Morgan fingerprint density at radius 1 is 0.559 bits per heavy atom. The molecule has 4 atom stereocenters. The van der Waals surface area contributed by atoms with Crippen LogP contribution in [-0.4, -0.2) is 78.5 Å². The van der Waals surface area contributed by atoms with Crippen molar-refractivity contribution in [2.75, 3.05) is 0 Å². The molecule has 4 unspecified atom stereocenters.